The molecule has 124 valence electrons. The Kier molecular flexibility index (Phi) is 4.12. The minimum atomic E-state index is -0.298. The zero-order chi connectivity index (χ0) is 16.7. The van der Waals surface area contributed by atoms with Crippen molar-refractivity contribution in [2.75, 3.05) is 18.0 Å². The second-order valence-corrected chi connectivity index (χ2v) is 6.95. The lowest BCUT2D eigenvalue weighted by atomic mass is 10.2. The molecule has 1 aliphatic rings. The number of imidazole rings is 1. The van der Waals surface area contributed by atoms with E-state index in [1.54, 1.807) is 6.07 Å². The number of halogens is 2. The largest absolute Gasteiger partial charge is 0.391 e. The van der Waals surface area contributed by atoms with E-state index in [-0.39, 0.29) is 6.10 Å². The number of fused-ring (bicyclic) bond motifs is 1. The second-order valence-electron chi connectivity index (χ2n) is 6.11. The standard InChI is InChI=1S/C18H17Cl2N3O/c19-13-5-6-15(20)12(9-13)10-23-17-4-2-1-3-16(17)21-18(23)22-8-7-14(24)11-22/h1-6,9,14,24H,7-8,10-11H2. The molecule has 0 spiro atoms. The summed E-state index contributed by atoms with van der Waals surface area (Å²) in [7, 11) is 0. The quantitative estimate of drug-likeness (QED) is 0.767. The van der Waals surface area contributed by atoms with Crippen molar-refractivity contribution in [3.8, 4) is 0 Å². The van der Waals surface area contributed by atoms with Crippen molar-refractivity contribution < 1.29 is 5.11 Å². The molecule has 1 atom stereocenters. The number of benzene rings is 2. The van der Waals surface area contributed by atoms with Crippen molar-refractivity contribution in [3.63, 3.8) is 0 Å². The van der Waals surface area contributed by atoms with Gasteiger partial charge in [-0.15, -0.1) is 0 Å². The topological polar surface area (TPSA) is 41.3 Å². The number of aliphatic hydroxyl groups excluding tert-OH is 1. The maximum absolute atomic E-state index is 9.88. The molecule has 4 nitrogen and oxygen atoms in total. The van der Waals surface area contributed by atoms with Gasteiger partial charge in [-0.1, -0.05) is 35.3 Å². The van der Waals surface area contributed by atoms with E-state index in [0.29, 0.717) is 23.1 Å². The summed E-state index contributed by atoms with van der Waals surface area (Å²) in [5.74, 6) is 0.865. The number of rotatable bonds is 3. The lowest BCUT2D eigenvalue weighted by Gasteiger charge is -2.19. The van der Waals surface area contributed by atoms with Crippen LogP contribution in [0.15, 0.2) is 42.5 Å². The van der Waals surface area contributed by atoms with E-state index >= 15 is 0 Å². The van der Waals surface area contributed by atoms with Gasteiger partial charge in [0.05, 0.1) is 23.7 Å². The van der Waals surface area contributed by atoms with Gasteiger partial charge in [-0.2, -0.15) is 0 Å². The van der Waals surface area contributed by atoms with E-state index in [9.17, 15) is 5.11 Å². The van der Waals surface area contributed by atoms with E-state index in [1.807, 2.05) is 30.3 Å². The minimum Gasteiger partial charge on any atom is -0.391 e. The lowest BCUT2D eigenvalue weighted by Crippen LogP contribution is -2.25. The summed E-state index contributed by atoms with van der Waals surface area (Å²) in [6, 6.07) is 13.5. The average molecular weight is 362 g/mol. The molecule has 1 unspecified atom stereocenters. The Bertz CT molecular complexity index is 893. The van der Waals surface area contributed by atoms with Crippen LogP contribution in [-0.2, 0) is 6.54 Å². The fourth-order valence-electron chi connectivity index (χ4n) is 3.22. The van der Waals surface area contributed by atoms with E-state index in [1.165, 1.54) is 0 Å². The molecule has 4 rings (SSSR count). The molecule has 0 aliphatic carbocycles. The molecule has 1 fully saturated rings. The van der Waals surface area contributed by atoms with Crippen LogP contribution in [0.25, 0.3) is 11.0 Å². The maximum Gasteiger partial charge on any atom is 0.206 e. The van der Waals surface area contributed by atoms with Crippen LogP contribution in [0.4, 0.5) is 5.95 Å². The molecule has 1 N–H and O–H groups in total. The predicted octanol–water partition coefficient (Wildman–Crippen LogP) is 3.96. The van der Waals surface area contributed by atoms with E-state index < -0.39 is 0 Å². The molecule has 2 aromatic carbocycles. The van der Waals surface area contributed by atoms with Crippen molar-refractivity contribution >= 4 is 40.2 Å². The fourth-order valence-corrected chi connectivity index (χ4v) is 3.59. The van der Waals surface area contributed by atoms with Crippen LogP contribution in [-0.4, -0.2) is 33.9 Å². The van der Waals surface area contributed by atoms with E-state index in [2.05, 4.69) is 15.5 Å². The number of aliphatic hydroxyl groups is 1. The molecule has 0 amide bonds. The van der Waals surface area contributed by atoms with Gasteiger partial charge in [0.25, 0.3) is 0 Å². The highest BCUT2D eigenvalue weighted by Crippen LogP contribution is 2.29. The van der Waals surface area contributed by atoms with Crippen molar-refractivity contribution in [2.45, 2.75) is 19.1 Å². The number of β-amino-alcohol motifs (C(OH)–C–C–N with tert-alkyl or cyclic N) is 1. The molecule has 2 heterocycles. The molecule has 0 radical (unpaired) electrons. The van der Waals surface area contributed by atoms with Gasteiger partial charge in [0, 0.05) is 23.1 Å². The van der Waals surface area contributed by atoms with Crippen molar-refractivity contribution in [2.24, 2.45) is 0 Å². The van der Waals surface area contributed by atoms with Crippen molar-refractivity contribution in [3.05, 3.63) is 58.1 Å². The van der Waals surface area contributed by atoms with Crippen LogP contribution in [0, 0.1) is 0 Å². The SMILES string of the molecule is OC1CCN(c2nc3ccccc3n2Cc2cc(Cl)ccc2Cl)C1. The summed E-state index contributed by atoms with van der Waals surface area (Å²) < 4.78 is 2.14. The fraction of sp³-hybridized carbons (Fsp3) is 0.278. The van der Waals surface area contributed by atoms with Gasteiger partial charge in [0.2, 0.25) is 5.95 Å². The van der Waals surface area contributed by atoms with Crippen molar-refractivity contribution in [1.82, 2.24) is 9.55 Å². The van der Waals surface area contributed by atoms with Gasteiger partial charge in [-0.05, 0) is 42.3 Å². The highest BCUT2D eigenvalue weighted by molar-refractivity contribution is 6.33. The first-order valence-electron chi connectivity index (χ1n) is 7.94. The highest BCUT2D eigenvalue weighted by atomic mass is 35.5. The number of hydrogen-bond acceptors (Lipinski definition) is 3. The molecule has 0 bridgehead atoms. The molecular formula is C18H17Cl2N3O. The Morgan fingerprint density at radius 3 is 2.79 bits per heavy atom. The number of para-hydroxylation sites is 2. The first kappa shape index (κ1) is 15.8. The minimum absolute atomic E-state index is 0.298. The van der Waals surface area contributed by atoms with Gasteiger partial charge >= 0.3 is 0 Å². The van der Waals surface area contributed by atoms with Gasteiger partial charge in [0.15, 0.2) is 0 Å². The monoisotopic (exact) mass is 361 g/mol. The molecule has 0 saturated carbocycles. The average Bonchev–Trinajstić information content (AvgIpc) is 3.15. The maximum atomic E-state index is 9.88. The highest BCUT2D eigenvalue weighted by Gasteiger charge is 2.25. The molecule has 1 aromatic heterocycles. The van der Waals surface area contributed by atoms with Crippen LogP contribution in [0.3, 0.4) is 0 Å². The molecular weight excluding hydrogens is 345 g/mol. The summed E-state index contributed by atoms with van der Waals surface area (Å²) in [4.78, 5) is 6.91. The summed E-state index contributed by atoms with van der Waals surface area (Å²) in [6.45, 7) is 1.99. The van der Waals surface area contributed by atoms with E-state index in [4.69, 9.17) is 28.2 Å². The number of aromatic nitrogens is 2. The van der Waals surface area contributed by atoms with Crippen LogP contribution in [0.2, 0.25) is 10.0 Å². The number of hydrogen-bond donors (Lipinski definition) is 1. The number of anilines is 1. The van der Waals surface area contributed by atoms with Gasteiger partial charge in [-0.25, -0.2) is 4.98 Å². The first-order valence-corrected chi connectivity index (χ1v) is 8.69. The third kappa shape index (κ3) is 2.86. The second kappa shape index (κ2) is 6.28. The Balaban J connectivity index is 1.81. The van der Waals surface area contributed by atoms with Gasteiger partial charge in [-0.3, -0.25) is 0 Å². The first-order chi connectivity index (χ1) is 11.6. The van der Waals surface area contributed by atoms with Crippen LogP contribution in [0.5, 0.6) is 0 Å². The third-order valence-corrected chi connectivity index (χ3v) is 5.02. The Morgan fingerprint density at radius 2 is 2.00 bits per heavy atom. The van der Waals surface area contributed by atoms with E-state index in [0.717, 1.165) is 35.5 Å². The normalized spacial score (nSPS) is 17.8. The van der Waals surface area contributed by atoms with Gasteiger partial charge in [0.1, 0.15) is 0 Å². The van der Waals surface area contributed by atoms with Crippen LogP contribution in [0.1, 0.15) is 12.0 Å². The predicted molar refractivity (Wildman–Crippen MR) is 98.1 cm³/mol. The zero-order valence-corrected chi connectivity index (χ0v) is 14.5. The molecule has 3 aromatic rings. The molecule has 24 heavy (non-hydrogen) atoms. The lowest BCUT2D eigenvalue weighted by molar-refractivity contribution is 0.198. The summed E-state index contributed by atoms with van der Waals surface area (Å²) in [6.07, 6.45) is 0.467. The third-order valence-electron chi connectivity index (χ3n) is 4.42. The van der Waals surface area contributed by atoms with Gasteiger partial charge < -0.3 is 14.6 Å². The van der Waals surface area contributed by atoms with Crippen LogP contribution < -0.4 is 4.90 Å². The summed E-state index contributed by atoms with van der Waals surface area (Å²) in [5, 5.41) is 11.2. The molecule has 1 aliphatic heterocycles. The summed E-state index contributed by atoms with van der Waals surface area (Å²) in [5.41, 5.74) is 2.94. The smallest absolute Gasteiger partial charge is 0.206 e. The number of nitrogens with zero attached hydrogens (tertiary/aromatic N) is 3. The van der Waals surface area contributed by atoms with Crippen LogP contribution >= 0.6 is 23.2 Å². The Labute approximate surface area is 150 Å². The summed E-state index contributed by atoms with van der Waals surface area (Å²) >= 11 is 12.5. The Hall–Kier alpha value is -1.75. The molecule has 6 heteroatoms. The van der Waals surface area contributed by atoms with Crippen molar-refractivity contribution in [1.29, 1.82) is 0 Å². The zero-order valence-electron chi connectivity index (χ0n) is 13.0. The molecule has 1 saturated heterocycles. The Morgan fingerprint density at radius 1 is 1.17 bits per heavy atom.